The molecule has 0 aliphatic carbocycles. The summed E-state index contributed by atoms with van der Waals surface area (Å²) in [7, 11) is 0. The van der Waals surface area contributed by atoms with Gasteiger partial charge in [-0.2, -0.15) is 0 Å². The van der Waals surface area contributed by atoms with Crippen LogP contribution < -0.4 is 0 Å². The molecule has 1 heterocycles. The van der Waals surface area contributed by atoms with Crippen molar-refractivity contribution >= 4 is 11.8 Å². The zero-order chi connectivity index (χ0) is 14.0. The normalized spacial score (nSPS) is 25.6. The highest BCUT2D eigenvalue weighted by Gasteiger charge is 2.42. The fourth-order valence-corrected chi connectivity index (χ4v) is 2.10. The molecule has 0 saturated carbocycles. The van der Waals surface area contributed by atoms with Crippen LogP contribution in [0.5, 0.6) is 0 Å². The van der Waals surface area contributed by atoms with Crippen LogP contribution in [-0.2, 0) is 9.59 Å². The Labute approximate surface area is 107 Å². The maximum absolute atomic E-state index is 11.9. The molecule has 1 unspecified atom stereocenters. The lowest BCUT2D eigenvalue weighted by Crippen LogP contribution is -2.62. The van der Waals surface area contributed by atoms with Gasteiger partial charge in [0.05, 0.1) is 0 Å². The molecule has 1 rings (SSSR count). The van der Waals surface area contributed by atoms with E-state index in [0.717, 1.165) is 0 Å². The first-order valence-corrected chi connectivity index (χ1v) is 6.27. The monoisotopic (exact) mass is 257 g/mol. The lowest BCUT2D eigenvalue weighted by atomic mass is 9.95. The second kappa shape index (κ2) is 5.67. The van der Waals surface area contributed by atoms with Crippen LogP contribution in [0.2, 0.25) is 0 Å². The molecule has 2 atom stereocenters. The number of rotatable bonds is 4. The molecule has 0 radical (unpaired) electrons. The van der Waals surface area contributed by atoms with Crippen molar-refractivity contribution in [2.45, 2.75) is 52.6 Å². The molecule has 1 fully saturated rings. The smallest absolute Gasteiger partial charge is 0.268 e. The first kappa shape index (κ1) is 14.9. The number of carbonyl (C=O) groups excluding carboxylic acids is 2. The van der Waals surface area contributed by atoms with Crippen LogP contribution in [0.4, 0.5) is 0 Å². The van der Waals surface area contributed by atoms with E-state index in [4.69, 9.17) is 0 Å². The van der Waals surface area contributed by atoms with Crippen LogP contribution >= 0.6 is 0 Å². The van der Waals surface area contributed by atoms with E-state index in [0.29, 0.717) is 5.06 Å². The Bertz CT molecular complexity index is 298. The summed E-state index contributed by atoms with van der Waals surface area (Å²) >= 11 is 0. The molecule has 1 saturated heterocycles. The highest BCUT2D eigenvalue weighted by Crippen LogP contribution is 2.24. The van der Waals surface area contributed by atoms with Crippen molar-refractivity contribution in [3.05, 3.63) is 5.21 Å². The van der Waals surface area contributed by atoms with E-state index in [1.54, 1.807) is 0 Å². The SMILES string of the molecule is CC(C)CC1C(=O)N(O)[C@H](CC(C)C)C(=O)N1[O-]. The van der Waals surface area contributed by atoms with Gasteiger partial charge in [-0.3, -0.25) is 14.8 Å². The third kappa shape index (κ3) is 3.00. The number of hydrogen-bond donors (Lipinski definition) is 1. The summed E-state index contributed by atoms with van der Waals surface area (Å²) in [5.41, 5.74) is 0. The van der Waals surface area contributed by atoms with Gasteiger partial charge in [-0.05, 0) is 24.7 Å². The third-order valence-corrected chi connectivity index (χ3v) is 2.98. The maximum Gasteiger partial charge on any atom is 0.268 e. The highest BCUT2D eigenvalue weighted by atomic mass is 16.5. The Kier molecular flexibility index (Phi) is 4.70. The van der Waals surface area contributed by atoms with Crippen molar-refractivity contribution in [2.75, 3.05) is 0 Å². The molecule has 0 aromatic carbocycles. The lowest BCUT2D eigenvalue weighted by molar-refractivity contribution is -0.199. The van der Waals surface area contributed by atoms with E-state index >= 15 is 0 Å². The molecule has 1 N–H and O–H groups in total. The molecule has 6 heteroatoms. The van der Waals surface area contributed by atoms with Crippen molar-refractivity contribution < 1.29 is 14.8 Å². The Balaban J connectivity index is 2.88. The summed E-state index contributed by atoms with van der Waals surface area (Å²) in [4.78, 5) is 23.8. The van der Waals surface area contributed by atoms with Crippen LogP contribution in [0.25, 0.3) is 0 Å². The van der Waals surface area contributed by atoms with Gasteiger partial charge in [-0.15, -0.1) is 0 Å². The van der Waals surface area contributed by atoms with E-state index in [-0.39, 0.29) is 29.7 Å². The molecule has 6 nitrogen and oxygen atoms in total. The van der Waals surface area contributed by atoms with Crippen LogP contribution in [0, 0.1) is 17.0 Å². The van der Waals surface area contributed by atoms with Crippen LogP contribution in [0.15, 0.2) is 0 Å². The van der Waals surface area contributed by atoms with E-state index in [9.17, 15) is 20.0 Å². The summed E-state index contributed by atoms with van der Waals surface area (Å²) in [5, 5.41) is 22.3. The molecule has 0 aromatic rings. The predicted octanol–water partition coefficient (Wildman–Crippen LogP) is 1.37. The van der Waals surface area contributed by atoms with Crippen molar-refractivity contribution in [1.82, 2.24) is 10.1 Å². The number of hydroxylamine groups is 4. The van der Waals surface area contributed by atoms with Crippen LogP contribution in [0.1, 0.15) is 40.5 Å². The number of nitrogens with zero attached hydrogens (tertiary/aromatic N) is 2. The van der Waals surface area contributed by atoms with Crippen LogP contribution in [0.3, 0.4) is 0 Å². The maximum atomic E-state index is 11.9. The Morgan fingerprint density at radius 2 is 1.50 bits per heavy atom. The van der Waals surface area contributed by atoms with Crippen molar-refractivity contribution in [1.29, 1.82) is 0 Å². The number of hydrogen-bond acceptors (Lipinski definition) is 4. The van der Waals surface area contributed by atoms with Gasteiger partial charge in [-0.1, -0.05) is 27.7 Å². The molecule has 104 valence electrons. The number of carbonyl (C=O) groups is 2. The van der Waals surface area contributed by atoms with E-state index in [2.05, 4.69) is 0 Å². The molecule has 18 heavy (non-hydrogen) atoms. The van der Waals surface area contributed by atoms with Gasteiger partial charge in [0, 0.05) is 0 Å². The Morgan fingerprint density at radius 1 is 1.06 bits per heavy atom. The largest absolute Gasteiger partial charge is 0.756 e. The molecule has 0 aromatic heterocycles. The zero-order valence-electron chi connectivity index (χ0n) is 11.3. The average Bonchev–Trinajstić information content (AvgIpc) is 2.27. The second-order valence-electron chi connectivity index (χ2n) is 5.64. The first-order valence-electron chi connectivity index (χ1n) is 6.27. The van der Waals surface area contributed by atoms with Gasteiger partial charge >= 0.3 is 0 Å². The van der Waals surface area contributed by atoms with Gasteiger partial charge in [0.15, 0.2) is 0 Å². The van der Waals surface area contributed by atoms with Crippen molar-refractivity contribution in [3.8, 4) is 0 Å². The molecular weight excluding hydrogens is 236 g/mol. The summed E-state index contributed by atoms with van der Waals surface area (Å²) in [5.74, 6) is -1.20. The molecule has 2 amide bonds. The minimum absolute atomic E-state index is 0.0956. The fourth-order valence-electron chi connectivity index (χ4n) is 2.10. The summed E-state index contributed by atoms with van der Waals surface area (Å²) < 4.78 is 0. The molecule has 0 spiro atoms. The molecular formula is C12H21N2O4-. The topological polar surface area (TPSA) is 83.9 Å². The molecule has 1 aliphatic rings. The Morgan fingerprint density at radius 3 is 1.94 bits per heavy atom. The average molecular weight is 257 g/mol. The summed E-state index contributed by atoms with van der Waals surface area (Å²) in [6, 6.07) is -2.13. The Hall–Kier alpha value is -1.14. The van der Waals surface area contributed by atoms with E-state index in [1.807, 2.05) is 27.7 Å². The molecule has 0 bridgehead atoms. The highest BCUT2D eigenvalue weighted by molar-refractivity contribution is 5.96. The lowest BCUT2D eigenvalue weighted by Gasteiger charge is -2.46. The van der Waals surface area contributed by atoms with Gasteiger partial charge < -0.3 is 10.3 Å². The minimum atomic E-state index is -1.09. The fraction of sp³-hybridized carbons (Fsp3) is 0.833. The van der Waals surface area contributed by atoms with Crippen LogP contribution in [-0.4, -0.2) is 39.2 Å². The van der Waals surface area contributed by atoms with Gasteiger partial charge in [0.1, 0.15) is 12.1 Å². The number of piperazine rings is 1. The molecule has 1 aliphatic heterocycles. The third-order valence-electron chi connectivity index (χ3n) is 2.98. The van der Waals surface area contributed by atoms with Gasteiger partial charge in [0.2, 0.25) is 5.91 Å². The summed E-state index contributed by atoms with van der Waals surface area (Å²) in [6.07, 6.45) is 0.549. The predicted molar refractivity (Wildman–Crippen MR) is 65.3 cm³/mol. The standard InChI is InChI=1S/C12H21N2O4/c1-7(2)5-9-11(15)14(18)10(6-8(3)4)12(16)13(9)17/h7-10,17H,5-6H2,1-4H3/q-1/t9-,10?/m1/s1. The number of amides is 2. The van der Waals surface area contributed by atoms with Crippen molar-refractivity contribution in [2.24, 2.45) is 11.8 Å². The van der Waals surface area contributed by atoms with E-state index < -0.39 is 23.9 Å². The van der Waals surface area contributed by atoms with Crippen molar-refractivity contribution in [3.63, 3.8) is 0 Å². The second-order valence-corrected chi connectivity index (χ2v) is 5.64. The summed E-state index contributed by atoms with van der Waals surface area (Å²) in [6.45, 7) is 7.43. The first-order chi connectivity index (χ1) is 8.25. The van der Waals surface area contributed by atoms with Gasteiger partial charge in [-0.25, -0.2) is 5.06 Å². The quantitative estimate of drug-likeness (QED) is 0.771. The zero-order valence-corrected chi connectivity index (χ0v) is 11.3. The van der Waals surface area contributed by atoms with Gasteiger partial charge in [0.25, 0.3) is 5.91 Å². The minimum Gasteiger partial charge on any atom is -0.756 e. The van der Waals surface area contributed by atoms with E-state index in [1.165, 1.54) is 0 Å².